The van der Waals surface area contributed by atoms with Crippen molar-refractivity contribution in [1.82, 2.24) is 16.0 Å². The first-order valence-corrected chi connectivity index (χ1v) is 15.1. The van der Waals surface area contributed by atoms with Crippen molar-refractivity contribution < 1.29 is 23.9 Å². The summed E-state index contributed by atoms with van der Waals surface area (Å²) in [6.45, 7) is 6.10. The number of carbonyl (C=O) groups excluding carboxylic acids is 4. The summed E-state index contributed by atoms with van der Waals surface area (Å²) < 4.78 is 5.40. The SMILES string of the molecule is CCCCCC(=O)N[C@@H](Cc1ccc(N)cc1)C(=O)N[C@@H](CCCC)C(=O)N[C@@H](Cc1ccccc1)C(=O)[C@@]1(C)CO1. The second-order valence-corrected chi connectivity index (χ2v) is 11.4. The molecule has 9 nitrogen and oxygen atoms in total. The molecule has 5 N–H and O–H groups in total. The van der Waals surface area contributed by atoms with E-state index in [0.717, 1.165) is 36.8 Å². The van der Waals surface area contributed by atoms with Crippen LogP contribution in [0.1, 0.15) is 76.8 Å². The second kappa shape index (κ2) is 16.1. The lowest BCUT2D eigenvalue weighted by atomic mass is 9.94. The molecule has 4 atom stereocenters. The van der Waals surface area contributed by atoms with Crippen molar-refractivity contribution in [3.63, 3.8) is 0 Å². The van der Waals surface area contributed by atoms with Crippen molar-refractivity contribution in [2.24, 2.45) is 0 Å². The molecule has 9 heteroatoms. The molecule has 1 heterocycles. The van der Waals surface area contributed by atoms with Gasteiger partial charge in [0, 0.05) is 18.5 Å². The van der Waals surface area contributed by atoms with Crippen LogP contribution < -0.4 is 21.7 Å². The zero-order valence-corrected chi connectivity index (χ0v) is 25.1. The molecule has 0 unspecified atom stereocenters. The molecule has 1 aliphatic rings. The van der Waals surface area contributed by atoms with Gasteiger partial charge in [0.15, 0.2) is 5.78 Å². The highest BCUT2D eigenvalue weighted by molar-refractivity contribution is 5.98. The topological polar surface area (TPSA) is 143 Å². The summed E-state index contributed by atoms with van der Waals surface area (Å²) in [6, 6.07) is 14.1. The Morgan fingerprint density at radius 1 is 0.786 bits per heavy atom. The third kappa shape index (κ3) is 10.3. The summed E-state index contributed by atoms with van der Waals surface area (Å²) >= 11 is 0. The molecule has 2 aromatic carbocycles. The fourth-order valence-corrected chi connectivity index (χ4v) is 4.80. The van der Waals surface area contributed by atoms with Crippen LogP contribution in [0.5, 0.6) is 0 Å². The highest BCUT2D eigenvalue weighted by Crippen LogP contribution is 2.29. The molecule has 1 fully saturated rings. The zero-order chi connectivity index (χ0) is 30.5. The molecule has 1 saturated heterocycles. The molecule has 0 radical (unpaired) electrons. The van der Waals surface area contributed by atoms with Gasteiger partial charge < -0.3 is 26.4 Å². The van der Waals surface area contributed by atoms with Crippen LogP contribution in [0.2, 0.25) is 0 Å². The van der Waals surface area contributed by atoms with Gasteiger partial charge in [-0.15, -0.1) is 0 Å². The average Bonchev–Trinajstić information content (AvgIpc) is 3.74. The number of anilines is 1. The van der Waals surface area contributed by atoms with Gasteiger partial charge in [0.05, 0.1) is 12.6 Å². The van der Waals surface area contributed by atoms with Crippen molar-refractivity contribution in [2.45, 2.75) is 102 Å². The van der Waals surface area contributed by atoms with E-state index >= 15 is 0 Å². The van der Waals surface area contributed by atoms with E-state index in [9.17, 15) is 19.2 Å². The Bertz CT molecular complexity index is 1180. The maximum absolute atomic E-state index is 13.6. The van der Waals surface area contributed by atoms with Gasteiger partial charge in [-0.05, 0) is 49.4 Å². The van der Waals surface area contributed by atoms with Crippen molar-refractivity contribution >= 4 is 29.2 Å². The number of nitrogens with two attached hydrogens (primary N) is 1. The van der Waals surface area contributed by atoms with Crippen LogP contribution in [0.25, 0.3) is 0 Å². The fraction of sp³-hybridized carbons (Fsp3) is 0.515. The van der Waals surface area contributed by atoms with Crippen LogP contribution >= 0.6 is 0 Å². The van der Waals surface area contributed by atoms with E-state index < -0.39 is 35.5 Å². The molecule has 0 aromatic heterocycles. The maximum Gasteiger partial charge on any atom is 0.243 e. The first-order valence-electron chi connectivity index (χ1n) is 15.1. The summed E-state index contributed by atoms with van der Waals surface area (Å²) in [6.07, 6.45) is 5.44. The number of epoxide rings is 1. The van der Waals surface area contributed by atoms with Crippen LogP contribution in [-0.2, 0) is 36.8 Å². The Balaban J connectivity index is 1.76. The van der Waals surface area contributed by atoms with E-state index in [-0.39, 0.29) is 18.1 Å². The third-order valence-corrected chi connectivity index (χ3v) is 7.57. The second-order valence-electron chi connectivity index (χ2n) is 11.4. The van der Waals surface area contributed by atoms with Gasteiger partial charge in [0.1, 0.15) is 17.7 Å². The van der Waals surface area contributed by atoms with Crippen molar-refractivity contribution in [3.8, 4) is 0 Å². The molecular formula is C33H46N4O5. The first kappa shape index (κ1) is 32.8. The minimum Gasteiger partial charge on any atom is -0.399 e. The number of ether oxygens (including phenoxy) is 1. The average molecular weight is 579 g/mol. The maximum atomic E-state index is 13.6. The lowest BCUT2D eigenvalue weighted by Gasteiger charge is -2.26. The van der Waals surface area contributed by atoms with Crippen LogP contribution in [-0.4, -0.2) is 53.8 Å². The Morgan fingerprint density at radius 2 is 1.36 bits per heavy atom. The van der Waals surface area contributed by atoms with Crippen LogP contribution in [0.4, 0.5) is 5.69 Å². The Hall–Kier alpha value is -3.72. The van der Waals surface area contributed by atoms with Crippen LogP contribution in [0.3, 0.4) is 0 Å². The zero-order valence-electron chi connectivity index (χ0n) is 25.1. The molecule has 3 rings (SSSR count). The van der Waals surface area contributed by atoms with Gasteiger partial charge >= 0.3 is 0 Å². The van der Waals surface area contributed by atoms with E-state index in [0.29, 0.717) is 38.0 Å². The standard InChI is InChI=1S/C33H46N4O5/c1-4-6-9-15-29(38)35-28(21-24-16-18-25(34)19-17-24)32(41)36-26(14-7-5-2)31(40)37-27(30(39)33(3)22-42-33)20-23-12-10-8-11-13-23/h8,10-13,16-19,26-28H,4-7,9,14-15,20-22,34H2,1-3H3,(H,35,38)(H,36,41)(H,37,40)/t26-,27-,28-,33+/m0/s1. The van der Waals surface area contributed by atoms with Gasteiger partial charge in [0.25, 0.3) is 0 Å². The lowest BCUT2D eigenvalue weighted by Crippen LogP contribution is -2.57. The highest BCUT2D eigenvalue weighted by atomic mass is 16.6. The third-order valence-electron chi connectivity index (χ3n) is 7.57. The molecule has 0 saturated carbocycles. The predicted octanol–water partition coefficient (Wildman–Crippen LogP) is 3.64. The van der Waals surface area contributed by atoms with E-state index in [1.54, 1.807) is 19.1 Å². The van der Waals surface area contributed by atoms with E-state index in [4.69, 9.17) is 10.5 Å². The van der Waals surface area contributed by atoms with Crippen molar-refractivity contribution in [2.75, 3.05) is 12.3 Å². The normalized spacial score (nSPS) is 17.9. The van der Waals surface area contributed by atoms with Crippen molar-refractivity contribution in [3.05, 3.63) is 65.7 Å². The summed E-state index contributed by atoms with van der Waals surface area (Å²) in [7, 11) is 0. The Kier molecular flexibility index (Phi) is 12.5. The molecule has 1 aliphatic heterocycles. The number of benzene rings is 2. The van der Waals surface area contributed by atoms with Crippen LogP contribution in [0.15, 0.2) is 54.6 Å². The lowest BCUT2D eigenvalue weighted by molar-refractivity contribution is -0.134. The molecule has 228 valence electrons. The number of Topliss-reactive ketones (excluding diaryl/α,β-unsaturated/α-hetero) is 1. The van der Waals surface area contributed by atoms with Gasteiger partial charge in [-0.25, -0.2) is 0 Å². The number of amides is 3. The Labute approximate surface area is 249 Å². The number of hydrogen-bond acceptors (Lipinski definition) is 6. The molecule has 0 bridgehead atoms. The molecular weight excluding hydrogens is 532 g/mol. The number of nitrogens with one attached hydrogen (secondary N) is 3. The van der Waals surface area contributed by atoms with Crippen LogP contribution in [0, 0.1) is 0 Å². The number of unbranched alkanes of at least 4 members (excludes halogenated alkanes) is 3. The molecule has 0 aliphatic carbocycles. The summed E-state index contributed by atoms with van der Waals surface area (Å²) in [5.74, 6) is -1.29. The van der Waals surface area contributed by atoms with Gasteiger partial charge in [-0.2, -0.15) is 0 Å². The first-order chi connectivity index (χ1) is 20.1. The number of ketones is 1. The number of hydrogen-bond donors (Lipinski definition) is 4. The minimum atomic E-state index is -0.916. The van der Waals surface area contributed by atoms with Gasteiger partial charge in [-0.1, -0.05) is 82.0 Å². The molecule has 2 aromatic rings. The monoisotopic (exact) mass is 578 g/mol. The Morgan fingerprint density at radius 3 is 1.98 bits per heavy atom. The van der Waals surface area contributed by atoms with E-state index in [1.165, 1.54) is 0 Å². The molecule has 42 heavy (non-hydrogen) atoms. The smallest absolute Gasteiger partial charge is 0.243 e. The summed E-state index contributed by atoms with van der Waals surface area (Å²) in [4.78, 5) is 53.3. The minimum absolute atomic E-state index is 0.194. The van der Waals surface area contributed by atoms with E-state index in [2.05, 4.69) is 22.9 Å². The number of rotatable bonds is 18. The van der Waals surface area contributed by atoms with E-state index in [1.807, 2.05) is 49.4 Å². The number of carbonyl (C=O) groups is 4. The number of nitrogen functional groups attached to an aromatic ring is 1. The predicted molar refractivity (Wildman–Crippen MR) is 164 cm³/mol. The van der Waals surface area contributed by atoms with Gasteiger partial charge in [-0.3, -0.25) is 19.2 Å². The summed E-state index contributed by atoms with van der Waals surface area (Å²) in [5.41, 5.74) is 7.25. The highest BCUT2D eigenvalue weighted by Gasteiger charge is 2.50. The summed E-state index contributed by atoms with van der Waals surface area (Å²) in [5, 5.41) is 8.67. The molecule has 3 amide bonds. The molecule has 0 spiro atoms. The largest absolute Gasteiger partial charge is 0.399 e. The van der Waals surface area contributed by atoms with Gasteiger partial charge in [0.2, 0.25) is 17.7 Å². The van der Waals surface area contributed by atoms with Crippen molar-refractivity contribution in [1.29, 1.82) is 0 Å². The fourth-order valence-electron chi connectivity index (χ4n) is 4.80. The quantitative estimate of drug-likeness (QED) is 0.121.